The zero-order valence-corrected chi connectivity index (χ0v) is 10.9. The Balaban J connectivity index is 2.24. The van der Waals surface area contributed by atoms with Crippen molar-refractivity contribution in [1.29, 1.82) is 0 Å². The molecule has 0 fully saturated rings. The smallest absolute Gasteiger partial charge is 0.408 e. The van der Waals surface area contributed by atoms with E-state index in [4.69, 9.17) is 4.42 Å². The molecule has 3 N–H and O–H groups in total. The molecule has 0 aliphatic heterocycles. The highest BCUT2D eigenvalue weighted by molar-refractivity contribution is 5.72. The quantitative estimate of drug-likeness (QED) is 0.748. The van der Waals surface area contributed by atoms with Crippen LogP contribution in [0.2, 0.25) is 0 Å². The first kappa shape index (κ1) is 12.9. The van der Waals surface area contributed by atoms with Gasteiger partial charge in [-0.1, -0.05) is 19.9 Å². The van der Waals surface area contributed by atoms with Gasteiger partial charge in [0.2, 0.25) is 0 Å². The highest BCUT2D eigenvalue weighted by Crippen LogP contribution is 2.17. The van der Waals surface area contributed by atoms with E-state index in [1.165, 1.54) is 0 Å². The van der Waals surface area contributed by atoms with Crippen molar-refractivity contribution < 1.29 is 4.42 Å². The van der Waals surface area contributed by atoms with Crippen molar-refractivity contribution in [2.24, 2.45) is 0 Å². The molecule has 1 atom stereocenters. The van der Waals surface area contributed by atoms with E-state index in [1.54, 1.807) is 0 Å². The topological polar surface area (TPSA) is 70.1 Å². The van der Waals surface area contributed by atoms with Gasteiger partial charge in [-0.25, -0.2) is 4.79 Å². The molecule has 2 rings (SSSR count). The third-order valence-corrected chi connectivity index (χ3v) is 2.92. The van der Waals surface area contributed by atoms with Crippen LogP contribution >= 0.6 is 0 Å². The average molecular weight is 249 g/mol. The fourth-order valence-corrected chi connectivity index (χ4v) is 1.93. The van der Waals surface area contributed by atoms with Crippen molar-refractivity contribution in [3.05, 3.63) is 34.3 Å². The molecule has 1 aromatic carbocycles. The molecular weight excluding hydrogens is 230 g/mol. The van der Waals surface area contributed by atoms with Crippen molar-refractivity contribution in [1.82, 2.24) is 15.6 Å². The van der Waals surface area contributed by atoms with Gasteiger partial charge in [0.1, 0.15) is 0 Å². The molecule has 2 aromatic rings. The summed E-state index contributed by atoms with van der Waals surface area (Å²) in [7, 11) is 1.93. The van der Waals surface area contributed by atoms with E-state index >= 15 is 0 Å². The van der Waals surface area contributed by atoms with Crippen molar-refractivity contribution in [3.63, 3.8) is 0 Å². The van der Waals surface area contributed by atoms with Crippen molar-refractivity contribution >= 4 is 11.1 Å². The Hall–Kier alpha value is -1.59. The standard InChI is InChI=1S/C13H19N3O2/c1-8(2)15-7-11(14-3)9-4-5-12-10(6-9)16-13(17)18-12/h4-6,8,11,14-15H,7H2,1-3H3,(H,16,17). The molecular formula is C13H19N3O2. The predicted octanol–water partition coefficient (Wildman–Crippen LogP) is 1.38. The number of fused-ring (bicyclic) bond motifs is 1. The monoisotopic (exact) mass is 249 g/mol. The van der Waals surface area contributed by atoms with E-state index in [2.05, 4.69) is 29.5 Å². The second kappa shape index (κ2) is 5.37. The number of oxazole rings is 1. The zero-order chi connectivity index (χ0) is 13.1. The Morgan fingerprint density at radius 2 is 2.17 bits per heavy atom. The van der Waals surface area contributed by atoms with Crippen molar-refractivity contribution in [2.75, 3.05) is 13.6 Å². The van der Waals surface area contributed by atoms with Crippen LogP contribution in [-0.4, -0.2) is 24.6 Å². The second-order valence-electron chi connectivity index (χ2n) is 4.67. The van der Waals surface area contributed by atoms with Gasteiger partial charge in [-0.15, -0.1) is 0 Å². The fraction of sp³-hybridized carbons (Fsp3) is 0.462. The summed E-state index contributed by atoms with van der Waals surface area (Å²) in [4.78, 5) is 13.8. The molecule has 98 valence electrons. The molecule has 0 aliphatic carbocycles. The van der Waals surface area contributed by atoms with Crippen LogP contribution in [0.5, 0.6) is 0 Å². The summed E-state index contributed by atoms with van der Waals surface area (Å²) in [6, 6.07) is 6.39. The van der Waals surface area contributed by atoms with Crippen LogP contribution in [0.15, 0.2) is 27.4 Å². The van der Waals surface area contributed by atoms with Gasteiger partial charge < -0.3 is 15.1 Å². The minimum absolute atomic E-state index is 0.204. The minimum atomic E-state index is -0.413. The van der Waals surface area contributed by atoms with Crippen molar-refractivity contribution in [2.45, 2.75) is 25.9 Å². The van der Waals surface area contributed by atoms with Gasteiger partial charge >= 0.3 is 5.76 Å². The number of H-pyrrole nitrogens is 1. The molecule has 0 aliphatic rings. The molecule has 1 heterocycles. The van der Waals surface area contributed by atoms with E-state index < -0.39 is 5.76 Å². The van der Waals surface area contributed by atoms with Gasteiger partial charge in [-0.2, -0.15) is 0 Å². The Morgan fingerprint density at radius 1 is 1.39 bits per heavy atom. The molecule has 0 amide bonds. The number of aromatic amines is 1. The number of likely N-dealkylation sites (N-methyl/N-ethyl adjacent to an activating group) is 1. The summed E-state index contributed by atoms with van der Waals surface area (Å²) in [6.07, 6.45) is 0. The maximum absolute atomic E-state index is 11.1. The SMILES string of the molecule is CNC(CNC(C)C)c1ccc2oc(=O)[nH]c2c1. The number of rotatable bonds is 5. The van der Waals surface area contributed by atoms with E-state index in [9.17, 15) is 4.79 Å². The van der Waals surface area contributed by atoms with Crippen LogP contribution in [0.3, 0.4) is 0 Å². The van der Waals surface area contributed by atoms with Gasteiger partial charge in [0.05, 0.1) is 5.52 Å². The molecule has 1 unspecified atom stereocenters. The van der Waals surface area contributed by atoms with E-state index in [0.717, 1.165) is 17.6 Å². The molecule has 18 heavy (non-hydrogen) atoms. The fourth-order valence-electron chi connectivity index (χ4n) is 1.93. The van der Waals surface area contributed by atoms with Crippen LogP contribution in [0.25, 0.3) is 11.1 Å². The van der Waals surface area contributed by atoms with Gasteiger partial charge in [-0.3, -0.25) is 4.98 Å². The van der Waals surface area contributed by atoms with Crippen LogP contribution in [0.4, 0.5) is 0 Å². The second-order valence-corrected chi connectivity index (χ2v) is 4.67. The molecule has 1 aromatic heterocycles. The number of hydrogen-bond acceptors (Lipinski definition) is 4. The summed E-state index contributed by atoms with van der Waals surface area (Å²) in [5, 5.41) is 6.65. The third kappa shape index (κ3) is 2.80. The van der Waals surface area contributed by atoms with Gasteiger partial charge in [0.25, 0.3) is 0 Å². The molecule has 0 radical (unpaired) electrons. The van der Waals surface area contributed by atoms with Crippen LogP contribution in [0.1, 0.15) is 25.5 Å². The summed E-state index contributed by atoms with van der Waals surface area (Å²) in [5.74, 6) is -0.413. The molecule has 5 nitrogen and oxygen atoms in total. The lowest BCUT2D eigenvalue weighted by Crippen LogP contribution is -2.33. The van der Waals surface area contributed by atoms with Gasteiger partial charge in [0.15, 0.2) is 5.58 Å². The lowest BCUT2D eigenvalue weighted by Gasteiger charge is -2.19. The molecule has 5 heteroatoms. The van der Waals surface area contributed by atoms with E-state index in [1.807, 2.05) is 25.2 Å². The van der Waals surface area contributed by atoms with Gasteiger partial charge in [-0.05, 0) is 24.7 Å². The molecule has 0 saturated heterocycles. The summed E-state index contributed by atoms with van der Waals surface area (Å²) >= 11 is 0. The minimum Gasteiger partial charge on any atom is -0.408 e. The maximum atomic E-state index is 11.1. The first-order chi connectivity index (χ1) is 8.60. The number of hydrogen-bond donors (Lipinski definition) is 3. The Bertz CT molecular complexity index is 571. The van der Waals surface area contributed by atoms with Crippen molar-refractivity contribution in [3.8, 4) is 0 Å². The lowest BCUT2D eigenvalue weighted by atomic mass is 10.1. The average Bonchev–Trinajstić information content (AvgIpc) is 2.68. The maximum Gasteiger partial charge on any atom is 0.417 e. The predicted molar refractivity (Wildman–Crippen MR) is 71.8 cm³/mol. The Kier molecular flexibility index (Phi) is 3.84. The summed E-state index contributed by atoms with van der Waals surface area (Å²) in [5.41, 5.74) is 2.45. The van der Waals surface area contributed by atoms with E-state index in [-0.39, 0.29) is 6.04 Å². The Labute approximate surface area is 106 Å². The number of nitrogens with one attached hydrogen (secondary N) is 3. The summed E-state index contributed by atoms with van der Waals surface area (Å²) in [6.45, 7) is 5.06. The first-order valence-corrected chi connectivity index (χ1v) is 6.13. The summed E-state index contributed by atoms with van der Waals surface area (Å²) < 4.78 is 4.99. The van der Waals surface area contributed by atoms with Gasteiger partial charge in [0, 0.05) is 18.6 Å². The largest absolute Gasteiger partial charge is 0.417 e. The van der Waals surface area contributed by atoms with Crippen LogP contribution in [0, 0.1) is 0 Å². The molecule has 0 spiro atoms. The van der Waals surface area contributed by atoms with Crippen LogP contribution < -0.4 is 16.4 Å². The van der Waals surface area contributed by atoms with Crippen LogP contribution in [-0.2, 0) is 0 Å². The highest BCUT2D eigenvalue weighted by Gasteiger charge is 2.11. The lowest BCUT2D eigenvalue weighted by molar-refractivity contribution is 0.491. The Morgan fingerprint density at radius 3 is 2.83 bits per heavy atom. The molecule has 0 bridgehead atoms. The number of benzene rings is 1. The normalized spacial score (nSPS) is 13.3. The van der Waals surface area contributed by atoms with E-state index in [0.29, 0.717) is 11.6 Å². The first-order valence-electron chi connectivity index (χ1n) is 6.13. The number of aromatic nitrogens is 1. The zero-order valence-electron chi connectivity index (χ0n) is 10.9. The highest BCUT2D eigenvalue weighted by atomic mass is 16.4. The third-order valence-electron chi connectivity index (χ3n) is 2.92. The molecule has 0 saturated carbocycles.